The molecule has 0 saturated carbocycles. The highest BCUT2D eigenvalue weighted by molar-refractivity contribution is 5.92. The number of phenols is 8. The van der Waals surface area contributed by atoms with Crippen LogP contribution in [0.25, 0.3) is 0 Å². The van der Waals surface area contributed by atoms with Crippen LogP contribution in [-0.2, 0) is 64.4 Å². The number of ether oxygens (including phenoxy) is 3. The van der Waals surface area contributed by atoms with Crippen molar-refractivity contribution in [3.63, 3.8) is 0 Å². The maximum Gasteiger partial charge on any atom is 0.167 e. The van der Waals surface area contributed by atoms with Crippen molar-refractivity contribution in [2.45, 2.75) is 25.7 Å². The van der Waals surface area contributed by atoms with Gasteiger partial charge in [0.1, 0.15) is 5.75 Å². The summed E-state index contributed by atoms with van der Waals surface area (Å²) in [5.74, 6) is -1.70. The van der Waals surface area contributed by atoms with E-state index in [0.717, 1.165) is 22.3 Å². The summed E-state index contributed by atoms with van der Waals surface area (Å²) < 4.78 is 16.2. The van der Waals surface area contributed by atoms with E-state index in [1.165, 1.54) is 95.3 Å². The zero-order valence-electron chi connectivity index (χ0n) is 49.1. The molecule has 10 rings (SSSR count). The molecule has 0 amide bonds. The number of hydrogen-bond acceptors (Lipinski definition) is 27. The van der Waals surface area contributed by atoms with Gasteiger partial charge in [-0.25, -0.2) is 0 Å². The molecule has 90 heavy (non-hydrogen) atoms. The van der Waals surface area contributed by atoms with Crippen LogP contribution in [0.3, 0.4) is 0 Å². The highest BCUT2D eigenvalue weighted by atomic mass is 16.7. The standard InChI is InChI=1S/C63H66N8O19/c1-80-54-30-42-9-5-4-8-41-12-17-53(72)49(26-41)37-68-87-22-18-83-64-33-45-13-14-46(61(77)60(45)76)34-65-85-20-24-89-70-39-51-28-43(31-55(81-2)58(51)74)10-6-7-11-44-29-52(59(75)56(32-44)82-3)40-71-90-25-21-86-67-36-48-16-15-47(62(78)63(48)79)35-66-84-19-23-88-69-38-50(27-42)57(54)73/h4-7,12-17,26-40,72-79H,8-11,18-25H2,1-3H3. The number of methoxy groups -OCH3 is 3. The number of benzene rings is 6. The molecule has 472 valence electrons. The van der Waals surface area contributed by atoms with E-state index in [2.05, 4.69) is 41.2 Å². The minimum atomic E-state index is -0.484. The lowest BCUT2D eigenvalue weighted by Crippen LogP contribution is -1.99. The minimum absolute atomic E-state index is 0.00953. The summed E-state index contributed by atoms with van der Waals surface area (Å²) in [5.41, 5.74) is 5.24. The van der Waals surface area contributed by atoms with Gasteiger partial charge in [0.2, 0.25) is 0 Å². The Labute approximate surface area is 516 Å². The van der Waals surface area contributed by atoms with Crippen LogP contribution in [0.2, 0.25) is 0 Å². The lowest BCUT2D eigenvalue weighted by molar-refractivity contribution is 0.0552. The van der Waals surface area contributed by atoms with Gasteiger partial charge in [-0.1, -0.05) is 71.6 Å². The van der Waals surface area contributed by atoms with Crippen molar-refractivity contribution >= 4 is 49.7 Å². The summed E-state index contributed by atoms with van der Waals surface area (Å²) in [7, 11) is 4.29. The summed E-state index contributed by atoms with van der Waals surface area (Å²) in [6.07, 6.45) is 19.7. The van der Waals surface area contributed by atoms with Gasteiger partial charge in [0.05, 0.1) is 71.0 Å². The fourth-order valence-electron chi connectivity index (χ4n) is 8.00. The monoisotopic (exact) mass is 1240 g/mol. The fraction of sp³-hybridized carbons (Fsp3) is 0.238. The van der Waals surface area contributed by atoms with Crippen LogP contribution >= 0.6 is 0 Å². The molecule has 0 unspecified atom stereocenters. The molecule has 27 heteroatoms. The Morgan fingerprint density at radius 3 is 0.767 bits per heavy atom. The van der Waals surface area contributed by atoms with Crippen molar-refractivity contribution in [1.29, 1.82) is 0 Å². The highest BCUT2D eigenvalue weighted by Gasteiger charge is 2.15. The Bertz CT molecular complexity index is 3680. The molecule has 4 aliphatic rings. The number of allylic oxidation sites excluding steroid dienone is 4. The zero-order valence-corrected chi connectivity index (χ0v) is 49.1. The molecule has 0 aliphatic carbocycles. The van der Waals surface area contributed by atoms with Crippen molar-refractivity contribution in [1.82, 2.24) is 0 Å². The maximum absolute atomic E-state index is 10.8. The van der Waals surface area contributed by atoms with Crippen molar-refractivity contribution < 1.29 is 93.8 Å². The minimum Gasteiger partial charge on any atom is -0.507 e. The van der Waals surface area contributed by atoms with E-state index in [4.69, 9.17) is 52.9 Å². The molecule has 0 aromatic heterocycles. The first kappa shape index (κ1) is 65.9. The van der Waals surface area contributed by atoms with Gasteiger partial charge in [-0.15, -0.1) is 0 Å². The molecule has 0 saturated heterocycles. The highest BCUT2D eigenvalue weighted by Crippen LogP contribution is 2.35. The molecule has 4 heterocycles. The van der Waals surface area contributed by atoms with Gasteiger partial charge in [-0.3, -0.25) is 0 Å². The molecule has 12 bridgehead atoms. The van der Waals surface area contributed by atoms with Gasteiger partial charge in [-0.05, 0) is 121 Å². The summed E-state index contributed by atoms with van der Waals surface area (Å²) in [5, 5.41) is 116. The molecule has 4 aliphatic heterocycles. The third kappa shape index (κ3) is 20.0. The molecular weight excluding hydrogens is 1170 g/mol. The quantitative estimate of drug-likeness (QED) is 0.0615. The lowest BCUT2D eigenvalue weighted by Gasteiger charge is -2.09. The van der Waals surface area contributed by atoms with Crippen molar-refractivity contribution in [2.75, 3.05) is 74.2 Å². The Morgan fingerprint density at radius 1 is 0.267 bits per heavy atom. The van der Waals surface area contributed by atoms with E-state index in [0.29, 0.717) is 47.9 Å². The molecule has 0 spiro atoms. The maximum atomic E-state index is 10.8. The largest absolute Gasteiger partial charge is 0.507 e. The number of nitrogens with zero attached hydrogens (tertiary/aromatic N) is 8. The second-order valence-corrected chi connectivity index (χ2v) is 18.8. The first-order valence-corrected chi connectivity index (χ1v) is 27.5. The molecule has 0 atom stereocenters. The average Bonchev–Trinajstić information content (AvgIpc) is 3.03. The summed E-state index contributed by atoms with van der Waals surface area (Å²) in [6.45, 7) is -0.278. The van der Waals surface area contributed by atoms with Gasteiger partial charge < -0.3 is 93.8 Å². The van der Waals surface area contributed by atoms with Gasteiger partial charge in [0.15, 0.2) is 110 Å². The lowest BCUT2D eigenvalue weighted by atomic mass is 10.0. The fourth-order valence-corrected chi connectivity index (χ4v) is 8.00. The third-order valence-electron chi connectivity index (χ3n) is 12.6. The topological polar surface area (TPSA) is 362 Å². The molecule has 6 aromatic rings. The van der Waals surface area contributed by atoms with Crippen molar-refractivity contribution in [2.24, 2.45) is 41.2 Å². The Balaban J connectivity index is 0.973. The van der Waals surface area contributed by atoms with E-state index in [1.54, 1.807) is 54.6 Å². The Hall–Kier alpha value is -11.6. The predicted octanol–water partition coefficient (Wildman–Crippen LogP) is 7.96. The van der Waals surface area contributed by atoms with E-state index in [1.807, 2.05) is 24.3 Å². The molecule has 8 N–H and O–H groups in total. The van der Waals surface area contributed by atoms with Crippen molar-refractivity contribution in [3.05, 3.63) is 170 Å². The first-order valence-electron chi connectivity index (χ1n) is 27.5. The number of phenolic OH excluding ortho intramolecular Hbond substituents is 8. The van der Waals surface area contributed by atoms with Gasteiger partial charge in [0.25, 0.3) is 0 Å². The van der Waals surface area contributed by atoms with Crippen LogP contribution in [0.4, 0.5) is 0 Å². The molecular formula is C63H66N8O19. The normalized spacial score (nSPS) is 14.5. The van der Waals surface area contributed by atoms with Crippen LogP contribution in [-0.4, -0.2) is 165 Å². The van der Waals surface area contributed by atoms with Gasteiger partial charge in [0, 0.05) is 44.5 Å². The first-order chi connectivity index (χ1) is 43.9. The average molecular weight is 1240 g/mol. The van der Waals surface area contributed by atoms with Gasteiger partial charge >= 0.3 is 0 Å². The van der Waals surface area contributed by atoms with E-state index in [-0.39, 0.29) is 115 Å². The van der Waals surface area contributed by atoms with Crippen LogP contribution in [0.1, 0.15) is 66.8 Å². The van der Waals surface area contributed by atoms with E-state index >= 15 is 0 Å². The van der Waals surface area contributed by atoms with E-state index in [9.17, 15) is 40.9 Å². The van der Waals surface area contributed by atoms with Crippen LogP contribution in [0, 0.1) is 0 Å². The Kier molecular flexibility index (Phi) is 25.7. The number of rotatable bonds is 3. The molecule has 6 aromatic carbocycles. The number of aromatic hydroxyl groups is 8. The summed E-state index contributed by atoms with van der Waals surface area (Å²) in [4.78, 5) is 42.1. The SMILES string of the molecule is COc1cc2cc(c1O)C=NOCCON=Cc1ccc(c(O)c1O)C=NOCCON=Cc1cc(ccc1O)CC=CCc1cc(c(O)c(OC)c1)C=NOCCON=Cc1ccc(c(O)c1O)C=NOCCON=Cc1cc(cc(OC)c1O)CC=CC2. The number of oxime groups is 8. The summed E-state index contributed by atoms with van der Waals surface area (Å²) in [6, 6.07) is 21.2. The smallest absolute Gasteiger partial charge is 0.167 e. The van der Waals surface area contributed by atoms with E-state index < -0.39 is 23.0 Å². The molecule has 27 nitrogen and oxygen atoms in total. The molecule has 0 radical (unpaired) electrons. The van der Waals surface area contributed by atoms with Gasteiger partial charge in [-0.2, -0.15) is 0 Å². The zero-order chi connectivity index (χ0) is 63.9. The number of hydrogen-bond donors (Lipinski definition) is 8. The van der Waals surface area contributed by atoms with Crippen LogP contribution < -0.4 is 14.2 Å². The second-order valence-electron chi connectivity index (χ2n) is 18.8. The molecule has 0 fully saturated rings. The summed E-state index contributed by atoms with van der Waals surface area (Å²) >= 11 is 0. The van der Waals surface area contributed by atoms with Crippen LogP contribution in [0.5, 0.6) is 63.2 Å². The van der Waals surface area contributed by atoms with Crippen LogP contribution in [0.15, 0.2) is 144 Å². The second kappa shape index (κ2) is 35.1. The third-order valence-corrected chi connectivity index (χ3v) is 12.6. The van der Waals surface area contributed by atoms with Crippen molar-refractivity contribution in [3.8, 4) is 63.2 Å². The Morgan fingerprint density at radius 2 is 0.500 bits per heavy atom. The predicted molar refractivity (Wildman–Crippen MR) is 333 cm³/mol.